The molecule has 0 unspecified atom stereocenters. The molecule has 2 aromatic heterocycles. The average molecular weight is 1190 g/mol. The summed E-state index contributed by atoms with van der Waals surface area (Å²) in [6.07, 6.45) is -11.2. The van der Waals surface area contributed by atoms with Crippen LogP contribution in [0.15, 0.2) is 82.0 Å². The van der Waals surface area contributed by atoms with Crippen molar-refractivity contribution in [2.24, 2.45) is 0 Å². The number of fused-ring (bicyclic) bond motifs is 2. The van der Waals surface area contributed by atoms with Gasteiger partial charge in [0.1, 0.15) is 25.4 Å². The molecule has 10 atom stereocenters. The van der Waals surface area contributed by atoms with E-state index in [2.05, 4.69) is 31.9 Å². The van der Waals surface area contributed by atoms with E-state index in [4.69, 9.17) is 47.4 Å². The van der Waals surface area contributed by atoms with Gasteiger partial charge in [-0.25, -0.2) is 0 Å². The fourth-order valence-electron chi connectivity index (χ4n) is 9.56. The van der Waals surface area contributed by atoms with Gasteiger partial charge in [-0.2, -0.15) is 0 Å². The van der Waals surface area contributed by atoms with Crippen LogP contribution in [0.25, 0.3) is 21.8 Å². The molecule has 0 N–H and O–H groups in total. The normalized spacial score (nSPS) is 23.2. The zero-order valence-corrected chi connectivity index (χ0v) is 45.1. The maximum absolute atomic E-state index is 13.0. The molecule has 25 heteroatoms. The number of benzene rings is 3. The highest BCUT2D eigenvalue weighted by Crippen LogP contribution is 2.47. The fraction of sp³-hybridized carbons (Fsp3) is 0.412. The Balaban J connectivity index is 1.53. The Morgan fingerprint density at radius 2 is 0.855 bits per heavy atom. The summed E-state index contributed by atoms with van der Waals surface area (Å²) in [7, 11) is 0. The lowest BCUT2D eigenvalue weighted by atomic mass is 9.84. The molecule has 0 saturated carbocycles. The maximum atomic E-state index is 13.0. The van der Waals surface area contributed by atoms with Crippen LogP contribution < -0.4 is 0 Å². The predicted octanol–water partition coefficient (Wildman–Crippen LogP) is 6.72. The molecule has 4 heterocycles. The summed E-state index contributed by atoms with van der Waals surface area (Å²) in [4.78, 5) is 113. The summed E-state index contributed by atoms with van der Waals surface area (Å²) in [5, 5.41) is 13.1. The average Bonchev–Trinajstić information content (AvgIpc) is 3.88. The third-order valence-corrected chi connectivity index (χ3v) is 13.2. The van der Waals surface area contributed by atoms with E-state index in [9.17, 15) is 48.5 Å². The van der Waals surface area contributed by atoms with Gasteiger partial charge in [-0.15, -0.1) is 0 Å². The van der Waals surface area contributed by atoms with Gasteiger partial charge in [0.05, 0.1) is 16.0 Å². The molecular formula is C51H51Br2N3O20. The van der Waals surface area contributed by atoms with Gasteiger partial charge in [-0.05, 0) is 53.1 Å². The van der Waals surface area contributed by atoms with Crippen molar-refractivity contribution in [1.82, 2.24) is 9.13 Å². The standard InChI is InChI=1S/C51H51Br2N3O20/c1-23(57)67-21-41-44(69-25(3)59)46(71-27(5)61)48(73-29(7)63)50(75-41)54-19-37(35-17-32(52)11-15-39(35)54)43(31-9-13-34(14-10-31)56(65)66)38-20-55(40-16-12-33(53)18-36(38)40)51-49(74-30(8)64)47(72-28(6)62)45(70-26(4)60)42(76-51)22-68-24(2)58/h9-20,41-51H,21-22H2,1-8H3/t41-,42-,44-,45-,46+,47+,48-,49-,50-,51-/m1/s1. The molecular weight excluding hydrogens is 1130 g/mol. The van der Waals surface area contributed by atoms with Crippen molar-refractivity contribution < 1.29 is 90.6 Å². The zero-order chi connectivity index (χ0) is 55.4. The van der Waals surface area contributed by atoms with Crippen LogP contribution in [0.3, 0.4) is 0 Å². The van der Waals surface area contributed by atoms with Gasteiger partial charge < -0.3 is 56.5 Å². The van der Waals surface area contributed by atoms with E-state index in [0.29, 0.717) is 47.4 Å². The number of nitro benzene ring substituents is 1. The molecule has 2 aliphatic rings. The van der Waals surface area contributed by atoms with Gasteiger partial charge >= 0.3 is 47.8 Å². The van der Waals surface area contributed by atoms with Crippen molar-refractivity contribution >= 4 is 107 Å². The summed E-state index contributed by atoms with van der Waals surface area (Å²) in [6.45, 7) is 7.95. The fourth-order valence-corrected chi connectivity index (χ4v) is 10.3. The molecule has 3 aromatic carbocycles. The number of ether oxygens (including phenoxy) is 10. The van der Waals surface area contributed by atoms with Crippen LogP contribution in [-0.4, -0.2) is 124 Å². The van der Waals surface area contributed by atoms with Gasteiger partial charge in [0.25, 0.3) is 5.69 Å². The molecule has 2 saturated heterocycles. The van der Waals surface area contributed by atoms with Crippen LogP contribution in [0.4, 0.5) is 5.69 Å². The van der Waals surface area contributed by atoms with E-state index < -0.39 is 133 Å². The highest BCUT2D eigenvalue weighted by Gasteiger charge is 2.55. The van der Waals surface area contributed by atoms with Crippen molar-refractivity contribution in [1.29, 1.82) is 0 Å². The third kappa shape index (κ3) is 12.7. The van der Waals surface area contributed by atoms with Crippen LogP contribution in [0.1, 0.15) is 90.5 Å². The van der Waals surface area contributed by atoms with Gasteiger partial charge in [-0.1, -0.05) is 44.0 Å². The largest absolute Gasteiger partial charge is 0.463 e. The van der Waals surface area contributed by atoms with Gasteiger partial charge in [0, 0.05) is 106 Å². The Bertz CT molecular complexity index is 2920. The molecule has 23 nitrogen and oxygen atoms in total. The van der Waals surface area contributed by atoms with E-state index in [0.717, 1.165) is 55.4 Å². The number of hydrogen-bond acceptors (Lipinski definition) is 20. The first kappa shape index (κ1) is 56.5. The summed E-state index contributed by atoms with van der Waals surface area (Å²) in [5.41, 5.74) is 2.07. The van der Waals surface area contributed by atoms with E-state index in [1.165, 1.54) is 12.1 Å². The van der Waals surface area contributed by atoms with E-state index in [1.807, 2.05) is 0 Å². The van der Waals surface area contributed by atoms with Crippen LogP contribution in [0.2, 0.25) is 0 Å². The van der Waals surface area contributed by atoms with Crippen LogP contribution in [0.5, 0.6) is 0 Å². The molecule has 5 aromatic rings. The number of hydrogen-bond donors (Lipinski definition) is 0. The summed E-state index contributed by atoms with van der Waals surface area (Å²) in [5.74, 6) is -7.38. The first-order chi connectivity index (χ1) is 35.9. The zero-order valence-electron chi connectivity index (χ0n) is 42.0. The van der Waals surface area contributed by atoms with E-state index in [-0.39, 0.29) is 5.69 Å². The predicted molar refractivity (Wildman–Crippen MR) is 268 cm³/mol. The number of nitro groups is 1. The number of esters is 8. The van der Waals surface area contributed by atoms with Crippen molar-refractivity contribution in [3.8, 4) is 0 Å². The molecule has 0 aliphatic carbocycles. The molecule has 2 fully saturated rings. The minimum absolute atomic E-state index is 0.229. The molecule has 0 bridgehead atoms. The monoisotopic (exact) mass is 1180 g/mol. The van der Waals surface area contributed by atoms with E-state index in [1.54, 1.807) is 70.1 Å². The van der Waals surface area contributed by atoms with Crippen LogP contribution >= 0.6 is 31.9 Å². The number of carbonyl (C=O) groups is 8. The minimum Gasteiger partial charge on any atom is -0.463 e. The molecule has 0 spiro atoms. The lowest BCUT2D eigenvalue weighted by Gasteiger charge is -2.45. The Morgan fingerprint density at radius 1 is 0.513 bits per heavy atom. The van der Waals surface area contributed by atoms with Crippen molar-refractivity contribution in [2.75, 3.05) is 13.2 Å². The maximum Gasteiger partial charge on any atom is 0.303 e. The van der Waals surface area contributed by atoms with Crippen molar-refractivity contribution in [3.63, 3.8) is 0 Å². The third-order valence-electron chi connectivity index (χ3n) is 12.2. The second-order valence-corrected chi connectivity index (χ2v) is 19.6. The molecule has 0 amide bonds. The number of rotatable bonds is 16. The molecule has 7 rings (SSSR count). The van der Waals surface area contributed by atoms with Gasteiger partial charge in [-0.3, -0.25) is 48.5 Å². The molecule has 0 radical (unpaired) electrons. The summed E-state index contributed by atoms with van der Waals surface area (Å²) < 4.78 is 63.1. The lowest BCUT2D eigenvalue weighted by Crippen LogP contribution is -2.60. The number of carbonyl (C=O) groups excluding carboxylic acids is 8. The van der Waals surface area contributed by atoms with E-state index >= 15 is 0 Å². The molecule has 404 valence electrons. The number of nitrogens with zero attached hydrogens (tertiary/aromatic N) is 3. The first-order valence-electron chi connectivity index (χ1n) is 23.4. The summed E-state index contributed by atoms with van der Waals surface area (Å²) in [6, 6.07) is 16.3. The van der Waals surface area contributed by atoms with Crippen molar-refractivity contribution in [2.45, 2.75) is 123 Å². The van der Waals surface area contributed by atoms with Crippen LogP contribution in [0, 0.1) is 10.1 Å². The Labute approximate surface area is 449 Å². The first-order valence-corrected chi connectivity index (χ1v) is 25.0. The Hall–Kier alpha value is -7.22. The highest BCUT2D eigenvalue weighted by atomic mass is 79.9. The Kier molecular flexibility index (Phi) is 17.7. The minimum atomic E-state index is -1.54. The van der Waals surface area contributed by atoms with Gasteiger partial charge in [0.15, 0.2) is 49.1 Å². The van der Waals surface area contributed by atoms with Gasteiger partial charge in [0.2, 0.25) is 0 Å². The molecule has 76 heavy (non-hydrogen) atoms. The number of halogens is 2. The quantitative estimate of drug-likeness (QED) is 0.0429. The number of aromatic nitrogens is 2. The van der Waals surface area contributed by atoms with Crippen molar-refractivity contribution in [3.05, 3.63) is 109 Å². The molecule has 2 aliphatic heterocycles. The highest BCUT2D eigenvalue weighted by molar-refractivity contribution is 9.10. The SMILES string of the molecule is CC(=O)OC[C@H]1O[C@@H](n2cc(C(c3ccc([N+](=O)[O-])cc3)c3cn([C@@H]4O[C@H](COC(C)=O)[C@@H](OC(C)=O)[C@H](OC(C)=O)[C@H]4OC(C)=O)c4ccc(Br)cc34)c3cc(Br)ccc32)[C@H](OC(C)=O)[C@@H](OC(C)=O)[C@@H]1OC(C)=O. The topological polar surface area (TPSA) is 282 Å². The number of non-ortho nitro benzene ring substituents is 1. The van der Waals surface area contributed by atoms with Crippen LogP contribution in [-0.2, 0) is 85.7 Å². The second-order valence-electron chi connectivity index (χ2n) is 17.8. The smallest absolute Gasteiger partial charge is 0.303 e. The summed E-state index contributed by atoms with van der Waals surface area (Å²) >= 11 is 7.22. The Morgan fingerprint density at radius 3 is 1.18 bits per heavy atom. The second kappa shape index (κ2) is 23.8. The lowest BCUT2D eigenvalue weighted by molar-refractivity contribution is -0.384.